The monoisotopic (exact) mass is 186 g/mol. The van der Waals surface area contributed by atoms with Crippen LogP contribution in [-0.2, 0) is 9.47 Å². The van der Waals surface area contributed by atoms with E-state index < -0.39 is 6.16 Å². The predicted octanol–water partition coefficient (Wildman–Crippen LogP) is 2.88. The van der Waals surface area contributed by atoms with E-state index in [0.717, 1.165) is 25.7 Å². The van der Waals surface area contributed by atoms with Crippen LogP contribution >= 0.6 is 0 Å². The summed E-state index contributed by atoms with van der Waals surface area (Å²) in [7, 11) is 0. The van der Waals surface area contributed by atoms with E-state index in [0.29, 0.717) is 6.61 Å². The lowest BCUT2D eigenvalue weighted by Crippen LogP contribution is -2.16. The van der Waals surface area contributed by atoms with Gasteiger partial charge in [0.2, 0.25) is 0 Å². The molecular formula is C10H18O3. The summed E-state index contributed by atoms with van der Waals surface area (Å²) in [6.07, 6.45) is 5.94. The first-order valence-corrected chi connectivity index (χ1v) is 5.16. The van der Waals surface area contributed by atoms with E-state index in [1.165, 1.54) is 12.8 Å². The molecule has 0 unspecified atom stereocenters. The zero-order valence-corrected chi connectivity index (χ0v) is 8.25. The number of ether oxygens (including phenoxy) is 2. The van der Waals surface area contributed by atoms with Crippen LogP contribution in [0.4, 0.5) is 4.79 Å². The minimum absolute atomic E-state index is 0.120. The maximum Gasteiger partial charge on any atom is 0.508 e. The van der Waals surface area contributed by atoms with Crippen molar-refractivity contribution in [1.29, 1.82) is 0 Å². The fraction of sp³-hybridized carbons (Fsp3) is 0.900. The van der Waals surface area contributed by atoms with Crippen LogP contribution < -0.4 is 0 Å². The van der Waals surface area contributed by atoms with Gasteiger partial charge in [0.15, 0.2) is 0 Å². The Morgan fingerprint density at radius 3 is 2.69 bits per heavy atom. The molecule has 0 spiro atoms. The zero-order chi connectivity index (χ0) is 9.52. The van der Waals surface area contributed by atoms with Crippen LogP contribution in [0.15, 0.2) is 0 Å². The lowest BCUT2D eigenvalue weighted by molar-refractivity contribution is 0.0251. The van der Waals surface area contributed by atoms with Crippen molar-refractivity contribution in [3.05, 3.63) is 0 Å². The maximum atomic E-state index is 11.0. The Morgan fingerprint density at radius 2 is 2.08 bits per heavy atom. The molecule has 76 valence electrons. The molecule has 13 heavy (non-hydrogen) atoms. The van der Waals surface area contributed by atoms with Gasteiger partial charge in [0, 0.05) is 0 Å². The quantitative estimate of drug-likeness (QED) is 0.500. The first kappa shape index (κ1) is 10.4. The van der Waals surface area contributed by atoms with Gasteiger partial charge in [0.25, 0.3) is 0 Å². The summed E-state index contributed by atoms with van der Waals surface area (Å²) in [5.74, 6) is 0. The van der Waals surface area contributed by atoms with Crippen LogP contribution in [0.5, 0.6) is 0 Å². The predicted molar refractivity (Wildman–Crippen MR) is 49.6 cm³/mol. The molecule has 3 nitrogen and oxygen atoms in total. The van der Waals surface area contributed by atoms with Gasteiger partial charge in [-0.2, -0.15) is 0 Å². The van der Waals surface area contributed by atoms with Gasteiger partial charge in [0.05, 0.1) is 6.61 Å². The molecular weight excluding hydrogens is 168 g/mol. The van der Waals surface area contributed by atoms with Crippen LogP contribution in [0.1, 0.15) is 45.4 Å². The second-order valence-corrected chi connectivity index (χ2v) is 3.48. The fourth-order valence-corrected chi connectivity index (χ4v) is 1.48. The summed E-state index contributed by atoms with van der Waals surface area (Å²) in [6, 6.07) is 0. The topological polar surface area (TPSA) is 35.5 Å². The minimum atomic E-state index is -0.486. The van der Waals surface area contributed by atoms with Gasteiger partial charge in [-0.1, -0.05) is 13.3 Å². The molecule has 0 atom stereocenters. The second-order valence-electron chi connectivity index (χ2n) is 3.48. The van der Waals surface area contributed by atoms with Gasteiger partial charge in [-0.15, -0.1) is 0 Å². The highest BCUT2D eigenvalue weighted by Crippen LogP contribution is 2.21. The second kappa shape index (κ2) is 5.84. The molecule has 0 N–H and O–H groups in total. The average Bonchev–Trinajstić information content (AvgIpc) is 2.57. The average molecular weight is 186 g/mol. The van der Waals surface area contributed by atoms with Crippen molar-refractivity contribution < 1.29 is 14.3 Å². The molecule has 0 saturated heterocycles. The van der Waals surface area contributed by atoms with Gasteiger partial charge in [-0.05, 0) is 32.1 Å². The molecule has 1 aliphatic rings. The van der Waals surface area contributed by atoms with Gasteiger partial charge >= 0.3 is 6.16 Å². The minimum Gasteiger partial charge on any atom is -0.434 e. The third kappa shape index (κ3) is 4.15. The molecule has 0 aliphatic heterocycles. The Bertz CT molecular complexity index is 150. The Kier molecular flexibility index (Phi) is 4.65. The molecule has 1 saturated carbocycles. The molecule has 0 aromatic rings. The number of carbonyl (C=O) groups is 1. The van der Waals surface area contributed by atoms with Crippen LogP contribution in [-0.4, -0.2) is 18.9 Å². The summed E-state index contributed by atoms with van der Waals surface area (Å²) in [5.41, 5.74) is 0. The number of unbranched alkanes of at least 4 members (excludes halogenated alkanes) is 1. The third-order valence-corrected chi connectivity index (χ3v) is 2.28. The Morgan fingerprint density at radius 1 is 1.38 bits per heavy atom. The van der Waals surface area contributed by atoms with E-state index >= 15 is 0 Å². The van der Waals surface area contributed by atoms with Crippen LogP contribution in [0.2, 0.25) is 0 Å². The molecule has 0 amide bonds. The molecule has 0 radical (unpaired) electrons. The molecule has 3 heteroatoms. The van der Waals surface area contributed by atoms with Crippen LogP contribution in [0.3, 0.4) is 0 Å². The third-order valence-electron chi connectivity index (χ3n) is 2.28. The van der Waals surface area contributed by atoms with Crippen molar-refractivity contribution in [3.63, 3.8) is 0 Å². The lowest BCUT2D eigenvalue weighted by atomic mass is 10.3. The molecule has 0 heterocycles. The number of hydrogen-bond acceptors (Lipinski definition) is 3. The first-order valence-electron chi connectivity index (χ1n) is 5.16. The van der Waals surface area contributed by atoms with Gasteiger partial charge in [-0.25, -0.2) is 4.79 Å². The number of rotatable bonds is 4. The van der Waals surface area contributed by atoms with E-state index in [1.54, 1.807) is 0 Å². The Hall–Kier alpha value is -0.730. The lowest BCUT2D eigenvalue weighted by Gasteiger charge is -2.10. The first-order chi connectivity index (χ1) is 6.33. The van der Waals surface area contributed by atoms with Crippen molar-refractivity contribution in [2.24, 2.45) is 0 Å². The van der Waals surface area contributed by atoms with Gasteiger partial charge < -0.3 is 9.47 Å². The van der Waals surface area contributed by atoms with E-state index in [1.807, 2.05) is 0 Å². The van der Waals surface area contributed by atoms with Crippen molar-refractivity contribution in [1.82, 2.24) is 0 Å². The van der Waals surface area contributed by atoms with Gasteiger partial charge in [0.1, 0.15) is 6.10 Å². The highest BCUT2D eigenvalue weighted by Gasteiger charge is 2.19. The fourth-order valence-electron chi connectivity index (χ4n) is 1.48. The molecule has 0 bridgehead atoms. The molecule has 1 fully saturated rings. The highest BCUT2D eigenvalue weighted by molar-refractivity contribution is 5.60. The van der Waals surface area contributed by atoms with Crippen LogP contribution in [0.25, 0.3) is 0 Å². The van der Waals surface area contributed by atoms with E-state index in [2.05, 4.69) is 6.92 Å². The maximum absolute atomic E-state index is 11.0. The van der Waals surface area contributed by atoms with Crippen LogP contribution in [0, 0.1) is 0 Å². The normalized spacial score (nSPS) is 17.3. The number of carbonyl (C=O) groups excluding carboxylic acids is 1. The number of hydrogen-bond donors (Lipinski definition) is 0. The smallest absolute Gasteiger partial charge is 0.434 e. The van der Waals surface area contributed by atoms with Crippen molar-refractivity contribution in [3.8, 4) is 0 Å². The Balaban J connectivity index is 2.02. The van der Waals surface area contributed by atoms with E-state index in [9.17, 15) is 4.79 Å². The molecule has 1 rings (SSSR count). The summed E-state index contributed by atoms with van der Waals surface area (Å²) >= 11 is 0. The zero-order valence-electron chi connectivity index (χ0n) is 8.25. The summed E-state index contributed by atoms with van der Waals surface area (Å²) < 4.78 is 9.98. The summed E-state index contributed by atoms with van der Waals surface area (Å²) in [6.45, 7) is 2.55. The van der Waals surface area contributed by atoms with Gasteiger partial charge in [-0.3, -0.25) is 0 Å². The SMILES string of the molecule is CCCCOC(=O)OC1CCCC1. The summed E-state index contributed by atoms with van der Waals surface area (Å²) in [4.78, 5) is 11.0. The van der Waals surface area contributed by atoms with Crippen molar-refractivity contribution in [2.75, 3.05) is 6.61 Å². The van der Waals surface area contributed by atoms with E-state index in [-0.39, 0.29) is 6.10 Å². The van der Waals surface area contributed by atoms with Crippen molar-refractivity contribution >= 4 is 6.16 Å². The molecule has 0 aromatic heterocycles. The Labute approximate surface area is 79.4 Å². The van der Waals surface area contributed by atoms with Crippen molar-refractivity contribution in [2.45, 2.75) is 51.6 Å². The standard InChI is InChI=1S/C10H18O3/c1-2-3-8-12-10(11)13-9-6-4-5-7-9/h9H,2-8H2,1H3. The van der Waals surface area contributed by atoms with E-state index in [4.69, 9.17) is 9.47 Å². The highest BCUT2D eigenvalue weighted by atomic mass is 16.7. The molecule has 0 aromatic carbocycles. The largest absolute Gasteiger partial charge is 0.508 e. The molecule has 1 aliphatic carbocycles. The summed E-state index contributed by atoms with van der Waals surface area (Å²) in [5, 5.41) is 0.